The maximum absolute atomic E-state index is 14.2. The van der Waals surface area contributed by atoms with Gasteiger partial charge in [0, 0.05) is 25.9 Å². The van der Waals surface area contributed by atoms with Crippen molar-refractivity contribution < 1.29 is 33.0 Å². The Hall–Kier alpha value is -3.49. The van der Waals surface area contributed by atoms with Crippen LogP contribution in [0, 0.1) is 0 Å². The van der Waals surface area contributed by atoms with E-state index in [1.165, 1.54) is 0 Å². The molecule has 0 radical (unpaired) electrons. The van der Waals surface area contributed by atoms with Gasteiger partial charge in [-0.25, -0.2) is 4.79 Å². The predicted octanol–water partition coefficient (Wildman–Crippen LogP) is 3.48. The van der Waals surface area contributed by atoms with E-state index in [-0.39, 0.29) is 31.9 Å². The van der Waals surface area contributed by atoms with E-state index in [0.717, 1.165) is 34.2 Å². The number of ether oxygens (including phenoxy) is 1. The summed E-state index contributed by atoms with van der Waals surface area (Å²) in [5, 5.41) is 10.5. The standard InChI is InChI=1S/C23H24F2N2O5/c1-27(12-6-11-20(28)29)21(30)23(24,25)14-26-22(31)32-13-19-17-9-4-2-7-15(17)16-8-3-5-10-18(16)19/h2-5,7-10,19H,6,11-14H2,1H3,(H,26,31)(H,28,29). The Kier molecular flexibility index (Phi) is 7.07. The molecule has 2 N–H and O–H groups in total. The summed E-state index contributed by atoms with van der Waals surface area (Å²) < 4.78 is 33.5. The minimum absolute atomic E-state index is 0.0333. The minimum Gasteiger partial charge on any atom is -0.481 e. The molecule has 0 saturated heterocycles. The highest BCUT2D eigenvalue weighted by Crippen LogP contribution is 2.44. The molecule has 0 atom stereocenters. The van der Waals surface area contributed by atoms with Crippen molar-refractivity contribution in [3.8, 4) is 11.1 Å². The Morgan fingerprint density at radius 3 is 2.19 bits per heavy atom. The quantitative estimate of drug-likeness (QED) is 0.615. The summed E-state index contributed by atoms with van der Waals surface area (Å²) in [6, 6.07) is 15.4. The van der Waals surface area contributed by atoms with Crippen molar-refractivity contribution in [3.05, 3.63) is 59.7 Å². The molecule has 2 aromatic carbocycles. The number of carboxylic acids is 1. The number of alkyl carbamates (subject to hydrolysis) is 1. The van der Waals surface area contributed by atoms with Crippen molar-refractivity contribution in [1.82, 2.24) is 10.2 Å². The number of aliphatic carboxylic acids is 1. The minimum atomic E-state index is -3.84. The Morgan fingerprint density at radius 1 is 1.06 bits per heavy atom. The van der Waals surface area contributed by atoms with Crippen LogP contribution in [0.4, 0.5) is 13.6 Å². The second-order valence-electron chi connectivity index (χ2n) is 7.61. The van der Waals surface area contributed by atoms with Gasteiger partial charge in [-0.15, -0.1) is 0 Å². The first-order valence-electron chi connectivity index (χ1n) is 10.1. The first kappa shape index (κ1) is 23.2. The van der Waals surface area contributed by atoms with E-state index in [9.17, 15) is 23.2 Å². The molecule has 170 valence electrons. The molecule has 1 aliphatic rings. The zero-order valence-corrected chi connectivity index (χ0v) is 17.5. The van der Waals surface area contributed by atoms with Crippen LogP contribution in [-0.4, -0.2) is 60.6 Å². The maximum Gasteiger partial charge on any atom is 0.407 e. The number of amides is 2. The molecular weight excluding hydrogens is 422 g/mol. The van der Waals surface area contributed by atoms with Crippen molar-refractivity contribution in [3.63, 3.8) is 0 Å². The van der Waals surface area contributed by atoms with Crippen LogP contribution in [0.2, 0.25) is 0 Å². The van der Waals surface area contributed by atoms with Crippen molar-refractivity contribution in [2.24, 2.45) is 0 Å². The fourth-order valence-corrected chi connectivity index (χ4v) is 3.76. The number of carbonyl (C=O) groups is 3. The Balaban J connectivity index is 1.53. The summed E-state index contributed by atoms with van der Waals surface area (Å²) in [5.41, 5.74) is 4.07. The van der Waals surface area contributed by atoms with E-state index in [1.807, 2.05) is 53.8 Å². The number of nitrogens with zero attached hydrogens (tertiary/aromatic N) is 1. The largest absolute Gasteiger partial charge is 0.481 e. The van der Waals surface area contributed by atoms with Crippen molar-refractivity contribution in [1.29, 1.82) is 0 Å². The summed E-state index contributed by atoms with van der Waals surface area (Å²) in [4.78, 5) is 35.2. The van der Waals surface area contributed by atoms with E-state index < -0.39 is 30.4 Å². The van der Waals surface area contributed by atoms with Crippen LogP contribution < -0.4 is 5.32 Å². The van der Waals surface area contributed by atoms with Crippen molar-refractivity contribution in [2.75, 3.05) is 26.7 Å². The van der Waals surface area contributed by atoms with Crippen LogP contribution >= 0.6 is 0 Å². The van der Waals surface area contributed by atoms with E-state index >= 15 is 0 Å². The Morgan fingerprint density at radius 2 is 1.62 bits per heavy atom. The number of hydrogen-bond acceptors (Lipinski definition) is 4. The highest BCUT2D eigenvalue weighted by Gasteiger charge is 2.41. The predicted molar refractivity (Wildman–Crippen MR) is 113 cm³/mol. The van der Waals surface area contributed by atoms with E-state index in [2.05, 4.69) is 0 Å². The van der Waals surface area contributed by atoms with Gasteiger partial charge in [-0.05, 0) is 28.7 Å². The van der Waals surface area contributed by atoms with Crippen molar-refractivity contribution >= 4 is 18.0 Å². The topological polar surface area (TPSA) is 95.9 Å². The summed E-state index contributed by atoms with van der Waals surface area (Å²) in [7, 11) is 1.16. The molecule has 7 nitrogen and oxygen atoms in total. The van der Waals surface area contributed by atoms with Crippen LogP contribution in [0.1, 0.15) is 29.9 Å². The van der Waals surface area contributed by atoms with E-state index in [4.69, 9.17) is 9.84 Å². The number of halogens is 2. The lowest BCUT2D eigenvalue weighted by atomic mass is 9.98. The first-order chi connectivity index (χ1) is 15.2. The third kappa shape index (κ3) is 5.22. The number of nitrogens with one attached hydrogen (secondary N) is 1. The number of carbonyl (C=O) groups excluding carboxylic acids is 2. The molecule has 32 heavy (non-hydrogen) atoms. The lowest BCUT2D eigenvalue weighted by molar-refractivity contribution is -0.155. The second-order valence-corrected chi connectivity index (χ2v) is 7.61. The first-order valence-corrected chi connectivity index (χ1v) is 10.1. The molecule has 2 amide bonds. The normalized spacial score (nSPS) is 12.6. The van der Waals surface area contributed by atoms with Gasteiger partial charge in [0.1, 0.15) is 6.61 Å². The van der Waals surface area contributed by atoms with Gasteiger partial charge in [0.15, 0.2) is 0 Å². The molecule has 0 bridgehead atoms. The van der Waals surface area contributed by atoms with Crippen LogP contribution in [0.3, 0.4) is 0 Å². The average Bonchev–Trinajstić information content (AvgIpc) is 3.09. The van der Waals surface area contributed by atoms with Gasteiger partial charge >= 0.3 is 18.0 Å². The summed E-state index contributed by atoms with van der Waals surface area (Å²) in [6.07, 6.45) is -1.23. The molecule has 2 aromatic rings. The summed E-state index contributed by atoms with van der Waals surface area (Å²) in [5.74, 6) is -6.63. The second kappa shape index (κ2) is 9.76. The van der Waals surface area contributed by atoms with Crippen LogP contribution in [0.25, 0.3) is 11.1 Å². The molecule has 3 rings (SSSR count). The molecule has 0 spiro atoms. The lowest BCUT2D eigenvalue weighted by Crippen LogP contribution is -2.49. The fourth-order valence-electron chi connectivity index (χ4n) is 3.76. The van der Waals surface area contributed by atoms with Gasteiger partial charge in [0.25, 0.3) is 5.91 Å². The number of carboxylic acid groups (broad SMARTS) is 1. The number of fused-ring (bicyclic) bond motifs is 3. The lowest BCUT2D eigenvalue weighted by Gasteiger charge is -2.23. The Labute approximate surface area is 184 Å². The molecule has 0 heterocycles. The molecule has 0 saturated carbocycles. The molecule has 0 aromatic heterocycles. The van der Waals surface area contributed by atoms with E-state index in [1.54, 1.807) is 0 Å². The van der Waals surface area contributed by atoms with Gasteiger partial charge in [-0.1, -0.05) is 48.5 Å². The number of rotatable bonds is 9. The molecule has 9 heteroatoms. The van der Waals surface area contributed by atoms with Gasteiger partial charge in [-0.2, -0.15) is 8.78 Å². The number of alkyl halides is 2. The zero-order chi connectivity index (χ0) is 23.3. The smallest absolute Gasteiger partial charge is 0.407 e. The van der Waals surface area contributed by atoms with Crippen LogP contribution in [-0.2, 0) is 14.3 Å². The van der Waals surface area contributed by atoms with Crippen LogP contribution in [0.15, 0.2) is 48.5 Å². The van der Waals surface area contributed by atoms with Gasteiger partial charge in [0.2, 0.25) is 0 Å². The monoisotopic (exact) mass is 446 g/mol. The molecular formula is C23H24F2N2O5. The molecule has 1 aliphatic carbocycles. The Bertz CT molecular complexity index is 966. The molecule has 0 aliphatic heterocycles. The van der Waals surface area contributed by atoms with Gasteiger partial charge < -0.3 is 20.1 Å². The maximum atomic E-state index is 14.2. The summed E-state index contributed by atoms with van der Waals surface area (Å²) >= 11 is 0. The van der Waals surface area contributed by atoms with Crippen molar-refractivity contribution in [2.45, 2.75) is 24.7 Å². The number of benzene rings is 2. The third-order valence-corrected chi connectivity index (χ3v) is 5.34. The number of hydrogen-bond donors (Lipinski definition) is 2. The highest BCUT2D eigenvalue weighted by atomic mass is 19.3. The highest BCUT2D eigenvalue weighted by molar-refractivity contribution is 5.84. The zero-order valence-electron chi connectivity index (χ0n) is 17.5. The molecule has 0 fully saturated rings. The van der Waals surface area contributed by atoms with Gasteiger partial charge in [-0.3, -0.25) is 9.59 Å². The molecule has 0 unspecified atom stereocenters. The van der Waals surface area contributed by atoms with E-state index in [0.29, 0.717) is 0 Å². The average molecular weight is 446 g/mol. The van der Waals surface area contributed by atoms with Gasteiger partial charge in [0.05, 0.1) is 6.54 Å². The summed E-state index contributed by atoms with van der Waals surface area (Å²) in [6.45, 7) is -1.38. The SMILES string of the molecule is CN(CCCC(=O)O)C(=O)C(F)(F)CNC(=O)OCC1c2ccccc2-c2ccccc21. The third-order valence-electron chi connectivity index (χ3n) is 5.34. The fraction of sp³-hybridized carbons (Fsp3) is 0.348. The van der Waals surface area contributed by atoms with Crippen LogP contribution in [0.5, 0.6) is 0 Å².